The smallest absolute Gasteiger partial charge is 0.156 e. The number of rotatable bonds is 3. The van der Waals surface area contributed by atoms with Crippen LogP contribution < -0.4 is 11.7 Å². The summed E-state index contributed by atoms with van der Waals surface area (Å²) in [6, 6.07) is 1.68. The molecule has 0 unspecified atom stereocenters. The van der Waals surface area contributed by atoms with E-state index in [2.05, 4.69) is 16.8 Å². The standard InChI is InChI=1S/C5H8N2O2.H4N2/c6-4-5(7-9)2-1-3-8;1-2/h8-9H,1-3H2;1-2H2. The number of oxime groups is 1. The van der Waals surface area contributed by atoms with Gasteiger partial charge in [-0.2, -0.15) is 5.26 Å². The minimum Gasteiger partial charge on any atom is -0.410 e. The van der Waals surface area contributed by atoms with Crippen molar-refractivity contribution in [2.24, 2.45) is 16.8 Å². The molecule has 0 aromatic carbocycles. The number of hydrogen-bond acceptors (Lipinski definition) is 6. The van der Waals surface area contributed by atoms with E-state index in [0.717, 1.165) is 0 Å². The van der Waals surface area contributed by atoms with E-state index in [4.69, 9.17) is 15.6 Å². The molecule has 0 aromatic heterocycles. The summed E-state index contributed by atoms with van der Waals surface area (Å²) in [6.45, 7) is 0.0146. The number of aliphatic hydroxyl groups is 1. The van der Waals surface area contributed by atoms with E-state index in [9.17, 15) is 0 Å². The second kappa shape index (κ2) is 11.6. The molecular formula is C5H12N4O2. The van der Waals surface area contributed by atoms with Crippen LogP contribution in [0.15, 0.2) is 5.16 Å². The Morgan fingerprint density at radius 1 is 1.55 bits per heavy atom. The number of hydrogen-bond donors (Lipinski definition) is 4. The Kier molecular flexibility index (Phi) is 13.2. The molecule has 0 bridgehead atoms. The Morgan fingerprint density at radius 2 is 2.09 bits per heavy atom. The Hall–Kier alpha value is -1.16. The summed E-state index contributed by atoms with van der Waals surface area (Å²) in [7, 11) is 0. The van der Waals surface area contributed by atoms with Crippen molar-refractivity contribution in [3.8, 4) is 6.07 Å². The fraction of sp³-hybridized carbons (Fsp3) is 0.600. The Labute approximate surface area is 64.7 Å². The molecule has 6 N–H and O–H groups in total. The first-order valence-corrected chi connectivity index (χ1v) is 2.90. The summed E-state index contributed by atoms with van der Waals surface area (Å²) >= 11 is 0. The zero-order valence-electron chi connectivity index (χ0n) is 6.06. The predicted molar refractivity (Wildman–Crippen MR) is 39.5 cm³/mol. The molecule has 0 spiro atoms. The van der Waals surface area contributed by atoms with Crippen LogP contribution in [-0.4, -0.2) is 22.6 Å². The molecule has 0 rings (SSSR count). The molecule has 0 fully saturated rings. The molecule has 0 radical (unpaired) electrons. The Balaban J connectivity index is 0. The third-order valence-corrected chi connectivity index (χ3v) is 0.821. The SMILES string of the molecule is N#CC(CCCO)=NO.NN. The second-order valence-electron chi connectivity index (χ2n) is 1.49. The summed E-state index contributed by atoms with van der Waals surface area (Å²) in [5.41, 5.74) is 0.0593. The van der Waals surface area contributed by atoms with Crippen LogP contribution in [0, 0.1) is 11.3 Å². The van der Waals surface area contributed by atoms with Crippen molar-refractivity contribution in [1.82, 2.24) is 0 Å². The van der Waals surface area contributed by atoms with Crippen molar-refractivity contribution >= 4 is 5.71 Å². The van der Waals surface area contributed by atoms with Crippen LogP contribution in [0.3, 0.4) is 0 Å². The van der Waals surface area contributed by atoms with Crippen LogP contribution in [0.2, 0.25) is 0 Å². The van der Waals surface area contributed by atoms with Gasteiger partial charge in [-0.1, -0.05) is 5.16 Å². The minimum atomic E-state index is 0.0146. The lowest BCUT2D eigenvalue weighted by atomic mass is 10.2. The van der Waals surface area contributed by atoms with E-state index in [1.807, 2.05) is 0 Å². The highest BCUT2D eigenvalue weighted by molar-refractivity contribution is 5.97. The molecule has 0 aromatic rings. The molecule has 64 valence electrons. The summed E-state index contributed by atoms with van der Waals surface area (Å²) in [4.78, 5) is 0. The minimum absolute atomic E-state index is 0.0146. The van der Waals surface area contributed by atoms with Gasteiger partial charge in [0.2, 0.25) is 0 Å². The number of nitriles is 1. The van der Waals surface area contributed by atoms with Gasteiger partial charge in [-0.15, -0.1) is 0 Å². The second-order valence-corrected chi connectivity index (χ2v) is 1.49. The molecule has 0 aliphatic heterocycles. The predicted octanol–water partition coefficient (Wildman–Crippen LogP) is -1.07. The first-order valence-electron chi connectivity index (χ1n) is 2.90. The van der Waals surface area contributed by atoms with Gasteiger partial charge in [-0.05, 0) is 6.42 Å². The lowest BCUT2D eigenvalue weighted by Gasteiger charge is -1.89. The lowest BCUT2D eigenvalue weighted by Crippen LogP contribution is -2.02. The quantitative estimate of drug-likeness (QED) is 0.181. The highest BCUT2D eigenvalue weighted by atomic mass is 16.4. The van der Waals surface area contributed by atoms with E-state index in [1.54, 1.807) is 6.07 Å². The maximum atomic E-state index is 8.26. The molecule has 0 aliphatic carbocycles. The maximum Gasteiger partial charge on any atom is 0.156 e. The van der Waals surface area contributed by atoms with Gasteiger partial charge >= 0.3 is 0 Å². The van der Waals surface area contributed by atoms with Crippen molar-refractivity contribution in [2.45, 2.75) is 12.8 Å². The normalized spacial score (nSPS) is 9.45. The molecule has 11 heavy (non-hydrogen) atoms. The fourth-order valence-electron chi connectivity index (χ4n) is 0.375. The number of aliphatic hydroxyl groups excluding tert-OH is 1. The van der Waals surface area contributed by atoms with Gasteiger partial charge in [-0.25, -0.2) is 0 Å². The summed E-state index contributed by atoms with van der Waals surface area (Å²) in [5, 5.41) is 27.1. The van der Waals surface area contributed by atoms with Crippen LogP contribution in [0.25, 0.3) is 0 Å². The zero-order chi connectivity index (χ0) is 9.11. The summed E-state index contributed by atoms with van der Waals surface area (Å²) in [6.07, 6.45) is 0.802. The van der Waals surface area contributed by atoms with E-state index in [-0.39, 0.29) is 12.3 Å². The summed E-state index contributed by atoms with van der Waals surface area (Å²) in [5.74, 6) is 8.00. The van der Waals surface area contributed by atoms with Crippen molar-refractivity contribution in [3.63, 3.8) is 0 Å². The van der Waals surface area contributed by atoms with Gasteiger partial charge in [-0.3, -0.25) is 11.7 Å². The molecule has 6 nitrogen and oxygen atoms in total. The third-order valence-electron chi connectivity index (χ3n) is 0.821. The van der Waals surface area contributed by atoms with Crippen molar-refractivity contribution in [3.05, 3.63) is 0 Å². The number of nitrogens with zero attached hydrogens (tertiary/aromatic N) is 2. The largest absolute Gasteiger partial charge is 0.410 e. The van der Waals surface area contributed by atoms with E-state index < -0.39 is 0 Å². The number of hydrazine groups is 1. The van der Waals surface area contributed by atoms with Crippen molar-refractivity contribution < 1.29 is 10.3 Å². The van der Waals surface area contributed by atoms with Crippen LogP contribution in [0.4, 0.5) is 0 Å². The maximum absolute atomic E-state index is 8.26. The number of nitrogens with two attached hydrogens (primary N) is 2. The lowest BCUT2D eigenvalue weighted by molar-refractivity contribution is 0.288. The fourth-order valence-corrected chi connectivity index (χ4v) is 0.375. The molecule has 0 amide bonds. The molecule has 0 atom stereocenters. The van der Waals surface area contributed by atoms with Gasteiger partial charge in [0.15, 0.2) is 5.71 Å². The van der Waals surface area contributed by atoms with Gasteiger partial charge < -0.3 is 10.3 Å². The summed E-state index contributed by atoms with van der Waals surface area (Å²) < 4.78 is 0. The molecular weight excluding hydrogens is 148 g/mol. The van der Waals surface area contributed by atoms with E-state index >= 15 is 0 Å². The third kappa shape index (κ3) is 8.84. The van der Waals surface area contributed by atoms with Gasteiger partial charge in [0.1, 0.15) is 6.07 Å². The highest BCUT2D eigenvalue weighted by Crippen LogP contribution is 1.89. The zero-order valence-corrected chi connectivity index (χ0v) is 6.06. The van der Waals surface area contributed by atoms with Crippen LogP contribution >= 0.6 is 0 Å². The van der Waals surface area contributed by atoms with Crippen molar-refractivity contribution in [2.75, 3.05) is 6.61 Å². The first-order chi connectivity index (χ1) is 5.35. The van der Waals surface area contributed by atoms with Crippen LogP contribution in [0.1, 0.15) is 12.8 Å². The molecule has 0 saturated carbocycles. The molecule has 6 heteroatoms. The van der Waals surface area contributed by atoms with E-state index in [0.29, 0.717) is 12.8 Å². The molecule has 0 heterocycles. The van der Waals surface area contributed by atoms with Gasteiger partial charge in [0.05, 0.1) is 0 Å². The average Bonchev–Trinajstić information content (AvgIpc) is 2.10. The molecule has 0 saturated heterocycles. The average molecular weight is 160 g/mol. The monoisotopic (exact) mass is 160 g/mol. The topological polar surface area (TPSA) is 129 Å². The first kappa shape index (κ1) is 12.5. The van der Waals surface area contributed by atoms with Gasteiger partial charge in [0, 0.05) is 13.0 Å². The van der Waals surface area contributed by atoms with Gasteiger partial charge in [0.25, 0.3) is 0 Å². The van der Waals surface area contributed by atoms with Crippen molar-refractivity contribution in [1.29, 1.82) is 5.26 Å². The van der Waals surface area contributed by atoms with E-state index in [1.165, 1.54) is 0 Å². The Bertz CT molecular complexity index is 140. The van der Waals surface area contributed by atoms with Crippen LogP contribution in [-0.2, 0) is 0 Å². The Morgan fingerprint density at radius 3 is 2.36 bits per heavy atom. The molecule has 0 aliphatic rings. The van der Waals surface area contributed by atoms with Crippen LogP contribution in [0.5, 0.6) is 0 Å². The highest BCUT2D eigenvalue weighted by Gasteiger charge is 1.94.